The molecule has 0 spiro atoms. The van der Waals surface area contributed by atoms with Crippen LogP contribution in [0.5, 0.6) is 0 Å². The second-order valence-electron chi connectivity index (χ2n) is 6.65. The number of pyridine rings is 1. The maximum Gasteiger partial charge on any atom is 0.261 e. The van der Waals surface area contributed by atoms with Gasteiger partial charge in [0.2, 0.25) is 5.91 Å². The van der Waals surface area contributed by atoms with Crippen molar-refractivity contribution in [2.45, 2.75) is 31.3 Å². The lowest BCUT2D eigenvalue weighted by atomic mass is 10.1. The van der Waals surface area contributed by atoms with Crippen molar-refractivity contribution in [2.24, 2.45) is 5.73 Å². The van der Waals surface area contributed by atoms with Gasteiger partial charge >= 0.3 is 0 Å². The highest BCUT2D eigenvalue weighted by atomic mass is 35.5. The summed E-state index contributed by atoms with van der Waals surface area (Å²) in [6.07, 6.45) is 2.17. The predicted octanol–water partition coefficient (Wildman–Crippen LogP) is 1.96. The number of halogens is 2. The Morgan fingerprint density at radius 2 is 1.86 bits per heavy atom. The van der Waals surface area contributed by atoms with Gasteiger partial charge in [-0.25, -0.2) is 13.4 Å². The van der Waals surface area contributed by atoms with Crippen LogP contribution >= 0.6 is 24.8 Å². The van der Waals surface area contributed by atoms with Crippen LogP contribution < -0.4 is 5.73 Å². The lowest BCUT2D eigenvalue weighted by Crippen LogP contribution is -2.45. The van der Waals surface area contributed by atoms with E-state index in [4.69, 9.17) is 5.73 Å². The van der Waals surface area contributed by atoms with Gasteiger partial charge in [-0.3, -0.25) is 4.79 Å². The number of fused-ring (bicyclic) bond motifs is 1. The summed E-state index contributed by atoms with van der Waals surface area (Å²) >= 11 is 0. The van der Waals surface area contributed by atoms with Crippen LogP contribution in [-0.4, -0.2) is 60.7 Å². The van der Waals surface area contributed by atoms with Crippen LogP contribution in [0.2, 0.25) is 0 Å². The van der Waals surface area contributed by atoms with E-state index in [1.165, 1.54) is 4.31 Å². The van der Waals surface area contributed by atoms with Crippen LogP contribution in [0.25, 0.3) is 10.8 Å². The molecule has 1 atom stereocenters. The number of sulfonamides is 1. The molecule has 2 heterocycles. The van der Waals surface area contributed by atoms with Crippen molar-refractivity contribution in [3.63, 3.8) is 0 Å². The average Bonchev–Trinajstić information content (AvgIpc) is 2.83. The zero-order chi connectivity index (χ0) is 18.9. The topological polar surface area (TPSA) is 96.6 Å². The molecule has 2 aromatic rings. The summed E-state index contributed by atoms with van der Waals surface area (Å²) in [7, 11) is -3.78. The highest BCUT2D eigenvalue weighted by Crippen LogP contribution is 2.28. The molecule has 1 aromatic carbocycles. The fraction of sp³-hybridized carbons (Fsp3) is 0.444. The molecule has 7 nitrogen and oxygen atoms in total. The first-order valence-corrected chi connectivity index (χ1v) is 10.1. The molecule has 156 valence electrons. The Morgan fingerprint density at radius 3 is 2.50 bits per heavy atom. The Hall–Kier alpha value is -1.45. The summed E-state index contributed by atoms with van der Waals surface area (Å²) in [5.74, 6) is -0.157. The predicted molar refractivity (Wildman–Crippen MR) is 115 cm³/mol. The molecule has 2 N–H and O–H groups in total. The van der Waals surface area contributed by atoms with Crippen molar-refractivity contribution in [1.29, 1.82) is 0 Å². The van der Waals surface area contributed by atoms with E-state index >= 15 is 0 Å². The summed E-state index contributed by atoms with van der Waals surface area (Å²) in [5, 5.41) is 1.58. The van der Waals surface area contributed by atoms with Crippen molar-refractivity contribution in [3.8, 4) is 0 Å². The number of carbonyl (C=O) groups excluding carboxylic acids is 1. The Balaban J connectivity index is 0.00000196. The smallest absolute Gasteiger partial charge is 0.261 e. The summed E-state index contributed by atoms with van der Waals surface area (Å²) in [5.41, 5.74) is 6.39. The molecule has 1 amide bonds. The van der Waals surface area contributed by atoms with Crippen LogP contribution in [0.15, 0.2) is 35.5 Å². The minimum atomic E-state index is -3.78. The third kappa shape index (κ3) is 4.58. The number of nitrogens with zero attached hydrogens (tertiary/aromatic N) is 3. The Bertz CT molecular complexity index is 940. The van der Waals surface area contributed by atoms with Gasteiger partial charge in [-0.2, -0.15) is 4.31 Å². The number of nitrogens with two attached hydrogens (primary N) is 1. The maximum atomic E-state index is 13.4. The van der Waals surface area contributed by atoms with E-state index in [-0.39, 0.29) is 48.3 Å². The van der Waals surface area contributed by atoms with E-state index in [2.05, 4.69) is 4.98 Å². The van der Waals surface area contributed by atoms with Gasteiger partial charge in [0, 0.05) is 37.3 Å². The molecule has 1 aliphatic heterocycles. The first kappa shape index (κ1) is 24.6. The number of carbonyl (C=O) groups is 1. The molecule has 1 saturated heterocycles. The van der Waals surface area contributed by atoms with Crippen molar-refractivity contribution >= 4 is 51.5 Å². The molecule has 0 saturated carbocycles. The highest BCUT2D eigenvalue weighted by molar-refractivity contribution is 7.89. The van der Waals surface area contributed by atoms with Crippen molar-refractivity contribution < 1.29 is 13.2 Å². The summed E-state index contributed by atoms with van der Waals surface area (Å²) in [6.45, 7) is 4.85. The standard InChI is InChI=1S/C18H24N4O3S.2ClH/c1-13-11-20-18(16-7-4-3-6-15(13)16)26(24,25)22-9-5-8-21(12-14(22)2)17(23)10-19;;/h3-4,6-7,11,14H,5,8-10,12,19H2,1-2H3;2*1H. The minimum Gasteiger partial charge on any atom is -0.340 e. The molecule has 3 rings (SSSR count). The van der Waals surface area contributed by atoms with Crippen LogP contribution in [0, 0.1) is 6.92 Å². The molecule has 28 heavy (non-hydrogen) atoms. The van der Waals surface area contributed by atoms with Crippen molar-refractivity contribution in [3.05, 3.63) is 36.0 Å². The van der Waals surface area contributed by atoms with Crippen molar-refractivity contribution in [2.75, 3.05) is 26.2 Å². The highest BCUT2D eigenvalue weighted by Gasteiger charge is 2.34. The van der Waals surface area contributed by atoms with Gasteiger partial charge in [0.1, 0.15) is 0 Å². The zero-order valence-corrected chi connectivity index (χ0v) is 18.3. The Morgan fingerprint density at radius 1 is 1.21 bits per heavy atom. The molecular weight excluding hydrogens is 423 g/mol. The summed E-state index contributed by atoms with van der Waals surface area (Å²) < 4.78 is 28.2. The molecule has 0 radical (unpaired) electrons. The molecule has 1 fully saturated rings. The first-order valence-electron chi connectivity index (χ1n) is 8.70. The second kappa shape index (κ2) is 9.84. The number of aromatic nitrogens is 1. The van der Waals surface area contributed by atoms with E-state index in [1.54, 1.807) is 17.2 Å². The van der Waals surface area contributed by atoms with Crippen molar-refractivity contribution in [1.82, 2.24) is 14.2 Å². The fourth-order valence-corrected chi connectivity index (χ4v) is 5.25. The summed E-state index contributed by atoms with van der Waals surface area (Å²) in [6, 6.07) is 7.04. The second-order valence-corrected chi connectivity index (χ2v) is 8.46. The number of hydrogen-bond acceptors (Lipinski definition) is 5. The van der Waals surface area contributed by atoms with Gasteiger partial charge in [-0.15, -0.1) is 24.8 Å². The largest absolute Gasteiger partial charge is 0.340 e. The van der Waals surface area contributed by atoms with E-state index < -0.39 is 10.0 Å². The van der Waals surface area contributed by atoms with Crippen LogP contribution in [-0.2, 0) is 14.8 Å². The minimum absolute atomic E-state index is 0. The Kier molecular flexibility index (Phi) is 8.64. The lowest BCUT2D eigenvalue weighted by molar-refractivity contribution is -0.129. The zero-order valence-electron chi connectivity index (χ0n) is 15.9. The number of aryl methyl sites for hydroxylation is 1. The van der Waals surface area contributed by atoms with Gasteiger partial charge in [0.25, 0.3) is 10.0 Å². The third-order valence-corrected chi connectivity index (χ3v) is 6.79. The first-order chi connectivity index (χ1) is 12.4. The van der Waals surface area contributed by atoms with Gasteiger partial charge in [-0.1, -0.05) is 24.3 Å². The van der Waals surface area contributed by atoms with Gasteiger partial charge in [0.05, 0.1) is 6.54 Å². The van der Waals surface area contributed by atoms with Crippen LogP contribution in [0.4, 0.5) is 0 Å². The monoisotopic (exact) mass is 448 g/mol. The number of hydrogen-bond donors (Lipinski definition) is 1. The fourth-order valence-electron chi connectivity index (χ4n) is 3.48. The van der Waals surface area contributed by atoms with E-state index in [0.717, 1.165) is 10.9 Å². The molecule has 0 aliphatic carbocycles. The number of amides is 1. The molecule has 1 aliphatic rings. The molecular formula is C18H26Cl2N4O3S. The Labute approximate surface area is 178 Å². The number of benzene rings is 1. The van der Waals surface area contributed by atoms with Crippen LogP contribution in [0.3, 0.4) is 0 Å². The molecule has 1 aromatic heterocycles. The molecule has 0 bridgehead atoms. The maximum absolute atomic E-state index is 13.4. The van der Waals surface area contributed by atoms with Gasteiger partial charge in [-0.05, 0) is 31.2 Å². The third-order valence-electron chi connectivity index (χ3n) is 4.82. The lowest BCUT2D eigenvalue weighted by Gasteiger charge is -2.28. The summed E-state index contributed by atoms with van der Waals surface area (Å²) in [4.78, 5) is 17.8. The SMILES string of the molecule is Cc1cnc(S(=O)(=O)N2CCCN(C(=O)CN)CC2C)c2ccccc12.Cl.Cl. The quantitative estimate of drug-likeness (QED) is 0.773. The van der Waals surface area contributed by atoms with Crippen LogP contribution in [0.1, 0.15) is 18.9 Å². The molecule has 1 unspecified atom stereocenters. The van der Waals surface area contributed by atoms with E-state index in [9.17, 15) is 13.2 Å². The number of rotatable bonds is 3. The normalized spacial score (nSPS) is 18.1. The average molecular weight is 449 g/mol. The van der Waals surface area contributed by atoms with E-state index in [1.807, 2.05) is 32.0 Å². The van der Waals surface area contributed by atoms with E-state index in [0.29, 0.717) is 31.4 Å². The van der Waals surface area contributed by atoms with Gasteiger partial charge < -0.3 is 10.6 Å². The molecule has 10 heteroatoms. The van der Waals surface area contributed by atoms with Gasteiger partial charge in [0.15, 0.2) is 5.03 Å².